The second-order valence-electron chi connectivity index (χ2n) is 3.00. The van der Waals surface area contributed by atoms with E-state index in [1.165, 1.54) is 14.2 Å². The van der Waals surface area contributed by atoms with E-state index >= 15 is 0 Å². The van der Waals surface area contributed by atoms with Crippen LogP contribution in [0.25, 0.3) is 10.4 Å². The normalized spacial score (nSPS) is 9.06. The predicted octanol–water partition coefficient (Wildman–Crippen LogP) is 1.95. The Morgan fingerprint density at radius 2 is 2.24 bits per heavy atom. The molecule has 0 saturated heterocycles. The number of rotatable bonds is 5. The average Bonchev–Trinajstić information content (AvgIpc) is 2.36. The summed E-state index contributed by atoms with van der Waals surface area (Å²) in [7, 11) is 3.02. The molecule has 7 heteroatoms. The van der Waals surface area contributed by atoms with Gasteiger partial charge in [0.1, 0.15) is 18.0 Å². The van der Waals surface area contributed by atoms with Crippen LogP contribution in [0.4, 0.5) is 5.69 Å². The minimum absolute atomic E-state index is 0.258. The fourth-order valence-corrected chi connectivity index (χ4v) is 1.19. The molecule has 1 aromatic carbocycles. The molecular weight excluding hydrogens is 224 g/mol. The Hall–Kier alpha value is -2.40. The van der Waals surface area contributed by atoms with E-state index in [4.69, 9.17) is 15.0 Å². The van der Waals surface area contributed by atoms with Gasteiger partial charge in [0.25, 0.3) is 0 Å². The van der Waals surface area contributed by atoms with E-state index in [0.717, 1.165) is 0 Å². The topological polar surface area (TPSA) is 96.3 Å². The molecule has 0 aliphatic heterocycles. The second kappa shape index (κ2) is 6.24. The highest BCUT2D eigenvalue weighted by Crippen LogP contribution is 2.28. The summed E-state index contributed by atoms with van der Waals surface area (Å²) in [6.45, 7) is -0.258. The molecule has 0 aromatic heterocycles. The Bertz CT molecular complexity index is 455. The van der Waals surface area contributed by atoms with Crippen LogP contribution in [0.2, 0.25) is 0 Å². The van der Waals surface area contributed by atoms with Gasteiger partial charge in [0.15, 0.2) is 0 Å². The van der Waals surface area contributed by atoms with E-state index in [9.17, 15) is 4.79 Å². The number of amides is 1. The largest absolute Gasteiger partial charge is 0.497 e. The number of carbonyl (C=O) groups is 1. The summed E-state index contributed by atoms with van der Waals surface area (Å²) < 4.78 is 10.1. The van der Waals surface area contributed by atoms with Crippen molar-refractivity contribution in [2.75, 3.05) is 26.1 Å². The Balaban J connectivity index is 2.83. The number of ether oxygens (including phenoxy) is 2. The monoisotopic (exact) mass is 236 g/mol. The third kappa shape index (κ3) is 3.58. The maximum Gasteiger partial charge on any atom is 0.230 e. The summed E-state index contributed by atoms with van der Waals surface area (Å²) in [5.41, 5.74) is 8.58. The van der Waals surface area contributed by atoms with Gasteiger partial charge >= 0.3 is 0 Å². The van der Waals surface area contributed by atoms with Gasteiger partial charge in [-0.1, -0.05) is 5.11 Å². The standard InChI is InChI=1S/C10H12N4O3/c1-16-7-3-4-8(9(5-7)17-2)13-10(15)6-12-14-11/h3-5H,6H2,1-2H3,(H,13,15). The highest BCUT2D eigenvalue weighted by Gasteiger charge is 2.07. The summed E-state index contributed by atoms with van der Waals surface area (Å²) in [4.78, 5) is 13.8. The molecule has 0 heterocycles. The summed E-state index contributed by atoms with van der Waals surface area (Å²) in [5.74, 6) is 0.680. The average molecular weight is 236 g/mol. The van der Waals surface area contributed by atoms with Crippen LogP contribution in [0.15, 0.2) is 23.3 Å². The molecule has 1 rings (SSSR count). The smallest absolute Gasteiger partial charge is 0.230 e. The molecule has 0 atom stereocenters. The van der Waals surface area contributed by atoms with Gasteiger partial charge in [-0.3, -0.25) is 4.79 Å². The fraction of sp³-hybridized carbons (Fsp3) is 0.300. The first-order chi connectivity index (χ1) is 8.21. The van der Waals surface area contributed by atoms with Crippen molar-refractivity contribution in [3.05, 3.63) is 28.6 Å². The Morgan fingerprint density at radius 1 is 1.47 bits per heavy atom. The number of hydrogen-bond acceptors (Lipinski definition) is 4. The molecule has 0 aliphatic rings. The summed E-state index contributed by atoms with van der Waals surface area (Å²) in [6, 6.07) is 4.97. The van der Waals surface area contributed by atoms with Crippen LogP contribution < -0.4 is 14.8 Å². The molecule has 0 bridgehead atoms. The number of azide groups is 1. The molecule has 0 saturated carbocycles. The van der Waals surface area contributed by atoms with Crippen LogP contribution in [0, 0.1) is 0 Å². The van der Waals surface area contributed by atoms with Crippen molar-refractivity contribution in [2.24, 2.45) is 5.11 Å². The molecule has 0 fully saturated rings. The number of carbonyl (C=O) groups excluding carboxylic acids is 1. The number of nitrogens with one attached hydrogen (secondary N) is 1. The van der Waals surface area contributed by atoms with Crippen molar-refractivity contribution in [3.63, 3.8) is 0 Å². The van der Waals surface area contributed by atoms with E-state index < -0.39 is 5.91 Å². The zero-order valence-electron chi connectivity index (χ0n) is 9.51. The van der Waals surface area contributed by atoms with Crippen LogP contribution in [0.1, 0.15) is 0 Å². The van der Waals surface area contributed by atoms with Gasteiger partial charge in [-0.25, -0.2) is 0 Å². The van der Waals surface area contributed by atoms with Gasteiger partial charge < -0.3 is 14.8 Å². The molecule has 1 aromatic rings. The first kappa shape index (κ1) is 12.7. The van der Waals surface area contributed by atoms with Gasteiger partial charge in [-0.15, -0.1) is 0 Å². The van der Waals surface area contributed by atoms with Gasteiger partial charge in [0.05, 0.1) is 19.9 Å². The van der Waals surface area contributed by atoms with E-state index in [2.05, 4.69) is 15.3 Å². The van der Waals surface area contributed by atoms with Crippen LogP contribution in [0.3, 0.4) is 0 Å². The molecular formula is C10H12N4O3. The summed E-state index contributed by atoms with van der Waals surface area (Å²) in [5, 5.41) is 5.72. The maximum atomic E-state index is 11.3. The lowest BCUT2D eigenvalue weighted by Gasteiger charge is -2.10. The van der Waals surface area contributed by atoms with Crippen molar-refractivity contribution < 1.29 is 14.3 Å². The van der Waals surface area contributed by atoms with E-state index in [1.54, 1.807) is 18.2 Å². The number of hydrogen-bond donors (Lipinski definition) is 1. The minimum Gasteiger partial charge on any atom is -0.497 e. The molecule has 1 N–H and O–H groups in total. The van der Waals surface area contributed by atoms with E-state index in [-0.39, 0.29) is 6.54 Å². The molecule has 17 heavy (non-hydrogen) atoms. The lowest BCUT2D eigenvalue weighted by atomic mass is 10.2. The molecule has 7 nitrogen and oxygen atoms in total. The lowest BCUT2D eigenvalue weighted by Crippen LogP contribution is -2.14. The molecule has 0 spiro atoms. The highest BCUT2D eigenvalue weighted by molar-refractivity contribution is 5.93. The van der Waals surface area contributed by atoms with Crippen molar-refractivity contribution in [3.8, 4) is 11.5 Å². The van der Waals surface area contributed by atoms with Crippen LogP contribution in [-0.2, 0) is 4.79 Å². The van der Waals surface area contributed by atoms with Crippen molar-refractivity contribution in [1.29, 1.82) is 0 Å². The molecule has 0 unspecified atom stereocenters. The highest BCUT2D eigenvalue weighted by atomic mass is 16.5. The first-order valence-corrected chi connectivity index (χ1v) is 4.74. The SMILES string of the molecule is COc1ccc(NC(=O)CN=[N+]=[N-])c(OC)c1. The molecule has 1 amide bonds. The zero-order chi connectivity index (χ0) is 12.7. The van der Waals surface area contributed by atoms with Crippen molar-refractivity contribution in [1.82, 2.24) is 0 Å². The van der Waals surface area contributed by atoms with E-state index in [0.29, 0.717) is 17.2 Å². The van der Waals surface area contributed by atoms with Crippen LogP contribution in [-0.4, -0.2) is 26.7 Å². The summed E-state index contributed by atoms with van der Waals surface area (Å²) >= 11 is 0. The van der Waals surface area contributed by atoms with Gasteiger partial charge in [0.2, 0.25) is 5.91 Å². The number of nitrogens with zero attached hydrogens (tertiary/aromatic N) is 3. The van der Waals surface area contributed by atoms with E-state index in [1.807, 2.05) is 0 Å². The lowest BCUT2D eigenvalue weighted by molar-refractivity contribution is -0.114. The maximum absolute atomic E-state index is 11.3. The predicted molar refractivity (Wildman–Crippen MR) is 62.2 cm³/mol. The summed E-state index contributed by atoms with van der Waals surface area (Å²) in [6.07, 6.45) is 0. The van der Waals surface area contributed by atoms with Crippen molar-refractivity contribution >= 4 is 11.6 Å². The molecule has 90 valence electrons. The zero-order valence-corrected chi connectivity index (χ0v) is 9.51. The first-order valence-electron chi connectivity index (χ1n) is 4.74. The molecule has 0 aliphatic carbocycles. The van der Waals surface area contributed by atoms with Crippen LogP contribution >= 0.6 is 0 Å². The Morgan fingerprint density at radius 3 is 2.82 bits per heavy atom. The second-order valence-corrected chi connectivity index (χ2v) is 3.00. The number of methoxy groups -OCH3 is 2. The van der Waals surface area contributed by atoms with Crippen LogP contribution in [0.5, 0.6) is 11.5 Å². The third-order valence-corrected chi connectivity index (χ3v) is 1.96. The van der Waals surface area contributed by atoms with Gasteiger partial charge in [-0.05, 0) is 17.7 Å². The van der Waals surface area contributed by atoms with Gasteiger partial charge in [0, 0.05) is 11.0 Å². The van der Waals surface area contributed by atoms with Gasteiger partial charge in [-0.2, -0.15) is 0 Å². The number of anilines is 1. The Labute approximate surface area is 98.0 Å². The van der Waals surface area contributed by atoms with Crippen molar-refractivity contribution in [2.45, 2.75) is 0 Å². The molecule has 0 radical (unpaired) electrons. The Kier molecular flexibility index (Phi) is 4.65. The number of benzene rings is 1. The fourth-order valence-electron chi connectivity index (χ4n) is 1.19. The minimum atomic E-state index is -0.411. The third-order valence-electron chi connectivity index (χ3n) is 1.96. The quantitative estimate of drug-likeness (QED) is 0.480.